The van der Waals surface area contributed by atoms with Gasteiger partial charge in [-0.15, -0.1) is 5.10 Å². The first-order valence-electron chi connectivity index (χ1n) is 12.1. The lowest BCUT2D eigenvalue weighted by molar-refractivity contribution is -0.116. The minimum atomic E-state index is -0.387. The van der Waals surface area contributed by atoms with Crippen LogP contribution in [0.1, 0.15) is 37.2 Å². The predicted octanol–water partition coefficient (Wildman–Crippen LogP) is 2.21. The van der Waals surface area contributed by atoms with Crippen LogP contribution in [-0.2, 0) is 20.8 Å². The van der Waals surface area contributed by atoms with Gasteiger partial charge in [-0.3, -0.25) is 9.59 Å². The molecule has 2 aromatic rings. The number of piperidine rings is 1. The molecule has 0 bridgehead atoms. The van der Waals surface area contributed by atoms with Crippen LogP contribution in [-0.4, -0.2) is 90.2 Å². The van der Waals surface area contributed by atoms with Gasteiger partial charge in [0.2, 0.25) is 11.8 Å². The molecule has 12 heteroatoms. The number of nitrogens with zero attached hydrogens (tertiary/aromatic N) is 4. The predicted molar refractivity (Wildman–Crippen MR) is 135 cm³/mol. The molecule has 0 aliphatic carbocycles. The Kier molecular flexibility index (Phi) is 10.9. The first-order valence-corrected chi connectivity index (χ1v) is 12.5. The molecule has 0 atom stereocenters. The number of hydrogen-bond donors (Lipinski definition) is 2. The zero-order valence-electron chi connectivity index (χ0n) is 21.0. The maximum Gasteiger partial charge on any atom is 0.269 e. The average Bonchev–Trinajstić information content (AvgIpc) is 3.25. The van der Waals surface area contributed by atoms with Crippen LogP contribution in [0, 0.1) is 0 Å². The number of nitrogens with one attached hydrogen (secondary N) is 2. The third kappa shape index (κ3) is 8.74. The molecule has 0 spiro atoms. The number of aromatic nitrogens is 3. The molecule has 2 aromatic heterocycles. The Bertz CT molecular complexity index is 976. The van der Waals surface area contributed by atoms with Gasteiger partial charge in [-0.2, -0.15) is 0 Å². The Morgan fingerprint density at radius 3 is 2.58 bits per heavy atom. The highest BCUT2D eigenvalue weighted by atomic mass is 35.5. The van der Waals surface area contributed by atoms with Crippen molar-refractivity contribution in [3.8, 4) is 5.88 Å². The Morgan fingerprint density at radius 2 is 1.92 bits per heavy atom. The van der Waals surface area contributed by atoms with Crippen LogP contribution < -0.4 is 15.4 Å². The number of amides is 2. The van der Waals surface area contributed by atoms with Gasteiger partial charge in [-0.25, -0.2) is 9.67 Å². The van der Waals surface area contributed by atoms with E-state index in [9.17, 15) is 9.59 Å². The maximum atomic E-state index is 13.1. The summed E-state index contributed by atoms with van der Waals surface area (Å²) in [6.07, 6.45) is 3.17. The largest absolute Gasteiger partial charge is 0.474 e. The summed E-state index contributed by atoms with van der Waals surface area (Å²) in [6, 6.07) is 5.30. The van der Waals surface area contributed by atoms with Crippen molar-refractivity contribution in [1.29, 1.82) is 0 Å². The number of carbonyl (C=O) groups is 2. The summed E-state index contributed by atoms with van der Waals surface area (Å²) >= 11 is 5.85. The fourth-order valence-electron chi connectivity index (χ4n) is 3.80. The number of methoxy groups -OCH3 is 1. The molecule has 3 heterocycles. The van der Waals surface area contributed by atoms with Crippen LogP contribution in [0.15, 0.2) is 24.4 Å². The Balaban J connectivity index is 1.63. The molecule has 0 radical (unpaired) electrons. The van der Waals surface area contributed by atoms with Gasteiger partial charge in [0.1, 0.15) is 24.7 Å². The molecular weight excluding hydrogens is 488 g/mol. The van der Waals surface area contributed by atoms with Crippen LogP contribution in [0.3, 0.4) is 0 Å². The van der Waals surface area contributed by atoms with E-state index in [0.29, 0.717) is 36.7 Å². The minimum absolute atomic E-state index is 0.0569. The van der Waals surface area contributed by atoms with Crippen molar-refractivity contribution in [3.05, 3.63) is 35.1 Å². The van der Waals surface area contributed by atoms with Gasteiger partial charge in [-0.05, 0) is 38.8 Å². The second-order valence-corrected chi connectivity index (χ2v) is 9.20. The van der Waals surface area contributed by atoms with Gasteiger partial charge in [-0.1, -0.05) is 11.6 Å². The van der Waals surface area contributed by atoms with E-state index in [1.807, 2.05) is 0 Å². The van der Waals surface area contributed by atoms with Crippen molar-refractivity contribution in [2.45, 2.75) is 45.3 Å². The average molecular weight is 523 g/mol. The highest BCUT2D eigenvalue weighted by Gasteiger charge is 2.25. The summed E-state index contributed by atoms with van der Waals surface area (Å²) in [4.78, 5) is 32.3. The van der Waals surface area contributed by atoms with Gasteiger partial charge in [0.05, 0.1) is 24.8 Å². The highest BCUT2D eigenvalue weighted by Crippen LogP contribution is 2.17. The van der Waals surface area contributed by atoms with E-state index in [4.69, 9.17) is 25.8 Å². The fourth-order valence-corrected chi connectivity index (χ4v) is 3.92. The van der Waals surface area contributed by atoms with Gasteiger partial charge in [0.25, 0.3) is 5.91 Å². The van der Waals surface area contributed by atoms with Crippen LogP contribution in [0.5, 0.6) is 5.88 Å². The number of pyridine rings is 1. The van der Waals surface area contributed by atoms with E-state index in [2.05, 4.69) is 39.5 Å². The Hall–Kier alpha value is -2.73. The second kappa shape index (κ2) is 14.1. The zero-order chi connectivity index (χ0) is 25.9. The molecule has 3 rings (SSSR count). The van der Waals surface area contributed by atoms with Crippen molar-refractivity contribution in [3.63, 3.8) is 0 Å². The SMILES string of the molecule is COCCOCCOc1cc(C(=O)NC2CCN(C(C)C)CC2)n(CC(=O)Nc2ccc(Cl)cn2)n1. The van der Waals surface area contributed by atoms with Crippen molar-refractivity contribution in [2.75, 3.05) is 51.9 Å². The molecule has 0 aromatic carbocycles. The summed E-state index contributed by atoms with van der Waals surface area (Å²) in [7, 11) is 1.60. The number of halogens is 1. The number of likely N-dealkylation sites (tertiary alicyclic amines) is 1. The number of hydrogen-bond acceptors (Lipinski definition) is 8. The second-order valence-electron chi connectivity index (χ2n) is 8.77. The molecule has 1 aliphatic rings. The summed E-state index contributed by atoms with van der Waals surface area (Å²) in [5.41, 5.74) is 0.246. The third-order valence-corrected chi connectivity index (χ3v) is 6.01. The molecule has 36 heavy (non-hydrogen) atoms. The monoisotopic (exact) mass is 522 g/mol. The molecule has 11 nitrogen and oxygen atoms in total. The molecule has 2 N–H and O–H groups in total. The molecule has 0 unspecified atom stereocenters. The molecule has 198 valence electrons. The number of anilines is 1. The van der Waals surface area contributed by atoms with E-state index in [0.717, 1.165) is 25.9 Å². The molecule has 0 saturated carbocycles. The first-order chi connectivity index (χ1) is 17.4. The van der Waals surface area contributed by atoms with E-state index < -0.39 is 0 Å². The highest BCUT2D eigenvalue weighted by molar-refractivity contribution is 6.30. The standard InChI is InChI=1S/C24H35ClN6O5/c1-17(2)30-8-6-19(7-9-30)27-24(33)20-14-23(36-13-12-35-11-10-34-3)29-31(20)16-22(32)28-21-5-4-18(25)15-26-21/h4-5,14-15,17,19H,6-13,16H2,1-3H3,(H,27,33)(H,26,28,32). The van der Waals surface area contributed by atoms with Crippen molar-refractivity contribution >= 4 is 29.2 Å². The lowest BCUT2D eigenvalue weighted by Gasteiger charge is -2.34. The molecule has 2 amide bonds. The van der Waals surface area contributed by atoms with E-state index in [1.165, 1.54) is 10.9 Å². The quantitative estimate of drug-likeness (QED) is 0.384. The maximum absolute atomic E-state index is 13.1. The minimum Gasteiger partial charge on any atom is -0.474 e. The number of rotatable bonds is 13. The molecule has 1 fully saturated rings. The van der Waals surface area contributed by atoms with Crippen LogP contribution in [0.4, 0.5) is 5.82 Å². The van der Waals surface area contributed by atoms with Gasteiger partial charge >= 0.3 is 0 Å². The zero-order valence-corrected chi connectivity index (χ0v) is 21.8. The summed E-state index contributed by atoms with van der Waals surface area (Å²) < 4.78 is 17.3. The lowest BCUT2D eigenvalue weighted by atomic mass is 10.0. The number of ether oxygens (including phenoxy) is 3. The van der Waals surface area contributed by atoms with Crippen molar-refractivity contribution in [1.82, 2.24) is 25.0 Å². The summed E-state index contributed by atoms with van der Waals surface area (Å²) in [6.45, 7) is 7.55. The fraction of sp³-hybridized carbons (Fsp3) is 0.583. The number of carbonyl (C=O) groups excluding carboxylic acids is 2. The third-order valence-electron chi connectivity index (χ3n) is 5.78. The van der Waals surface area contributed by atoms with Crippen LogP contribution >= 0.6 is 11.6 Å². The van der Waals surface area contributed by atoms with E-state index in [-0.39, 0.29) is 42.6 Å². The summed E-state index contributed by atoms with van der Waals surface area (Å²) in [5.74, 6) is -0.0949. The lowest BCUT2D eigenvalue weighted by Crippen LogP contribution is -2.47. The van der Waals surface area contributed by atoms with Gasteiger partial charge < -0.3 is 29.7 Å². The van der Waals surface area contributed by atoms with Gasteiger partial charge in [0, 0.05) is 44.5 Å². The van der Waals surface area contributed by atoms with Crippen LogP contribution in [0.25, 0.3) is 0 Å². The normalized spacial score (nSPS) is 14.7. The van der Waals surface area contributed by atoms with E-state index >= 15 is 0 Å². The molecule has 1 saturated heterocycles. The Morgan fingerprint density at radius 1 is 1.17 bits per heavy atom. The molecular formula is C24H35ClN6O5. The van der Waals surface area contributed by atoms with E-state index in [1.54, 1.807) is 25.3 Å². The smallest absolute Gasteiger partial charge is 0.269 e. The topological polar surface area (TPSA) is 120 Å². The van der Waals surface area contributed by atoms with Crippen molar-refractivity contribution < 1.29 is 23.8 Å². The molecule has 1 aliphatic heterocycles. The van der Waals surface area contributed by atoms with Crippen molar-refractivity contribution in [2.24, 2.45) is 0 Å². The first kappa shape index (κ1) is 27.9. The van der Waals surface area contributed by atoms with Crippen LogP contribution in [0.2, 0.25) is 5.02 Å². The van der Waals surface area contributed by atoms with Gasteiger partial charge in [0.15, 0.2) is 0 Å². The summed E-state index contributed by atoms with van der Waals surface area (Å²) in [5, 5.41) is 10.6. The Labute approximate surface area is 216 Å².